The van der Waals surface area contributed by atoms with E-state index >= 15 is 0 Å². The summed E-state index contributed by atoms with van der Waals surface area (Å²) in [7, 11) is 2.02. The molecule has 208 valence electrons. The van der Waals surface area contributed by atoms with Crippen LogP contribution in [0, 0.1) is 5.92 Å². The first-order chi connectivity index (χ1) is 18.7. The summed E-state index contributed by atoms with van der Waals surface area (Å²) in [5.41, 5.74) is 3.81. The molecule has 0 aliphatic carbocycles. The highest BCUT2D eigenvalue weighted by Gasteiger charge is 2.30. The highest BCUT2D eigenvalue weighted by molar-refractivity contribution is 5.89. The van der Waals surface area contributed by atoms with Crippen molar-refractivity contribution >= 4 is 22.6 Å². The molecule has 0 bridgehead atoms. The summed E-state index contributed by atoms with van der Waals surface area (Å²) >= 11 is 0. The Morgan fingerprint density at radius 2 is 1.72 bits per heavy atom. The van der Waals surface area contributed by atoms with E-state index in [1.54, 1.807) is 4.90 Å². The number of aryl methyl sites for hydroxylation is 1. The number of Topliss-reactive ketones (excluding diaryl/α,β-unsaturated/α-hetero) is 1. The predicted molar refractivity (Wildman–Crippen MR) is 152 cm³/mol. The van der Waals surface area contributed by atoms with Gasteiger partial charge in [-0.05, 0) is 82.6 Å². The second-order valence-electron chi connectivity index (χ2n) is 12.1. The topological polar surface area (TPSA) is 80.6 Å². The molecule has 2 aliphatic heterocycles. The lowest BCUT2D eigenvalue weighted by Gasteiger charge is -2.32. The minimum atomic E-state index is -0.517. The molecule has 1 amide bonds. The molecule has 0 N–H and O–H groups in total. The number of likely N-dealkylation sites (tertiary alicyclic amines) is 2. The Bertz CT molecular complexity index is 1330. The molecule has 3 aromatic rings. The fourth-order valence-electron chi connectivity index (χ4n) is 5.70. The lowest BCUT2D eigenvalue weighted by atomic mass is 9.90. The van der Waals surface area contributed by atoms with Crippen molar-refractivity contribution in [2.75, 3.05) is 26.2 Å². The van der Waals surface area contributed by atoms with E-state index in [2.05, 4.69) is 33.2 Å². The zero-order valence-corrected chi connectivity index (χ0v) is 23.8. The maximum absolute atomic E-state index is 13.1. The molecule has 2 aliphatic rings. The van der Waals surface area contributed by atoms with Crippen LogP contribution in [0.15, 0.2) is 36.7 Å². The van der Waals surface area contributed by atoms with Gasteiger partial charge in [0.25, 0.3) is 0 Å². The van der Waals surface area contributed by atoms with Crippen LogP contribution in [0.3, 0.4) is 0 Å². The molecule has 0 radical (unpaired) electrons. The van der Waals surface area contributed by atoms with E-state index in [0.29, 0.717) is 32.4 Å². The van der Waals surface area contributed by atoms with E-state index in [1.165, 1.54) is 25.0 Å². The van der Waals surface area contributed by atoms with E-state index in [-0.39, 0.29) is 17.8 Å². The molecular weight excluding hydrogens is 490 g/mol. The Balaban J connectivity index is 1.26. The second-order valence-corrected chi connectivity index (χ2v) is 12.1. The number of nitrogens with zero attached hydrogens (tertiary/aromatic N) is 5. The molecular formula is C31H41N5O3. The summed E-state index contributed by atoms with van der Waals surface area (Å²) in [6.07, 6.45) is 9.02. The van der Waals surface area contributed by atoms with Gasteiger partial charge in [0.2, 0.25) is 0 Å². The average Bonchev–Trinajstić information content (AvgIpc) is 3.27. The number of fused-ring (bicyclic) bond motifs is 1. The number of aromatic nitrogens is 3. The molecule has 8 nitrogen and oxygen atoms in total. The van der Waals surface area contributed by atoms with Crippen LogP contribution in [0.25, 0.3) is 21.9 Å². The molecule has 2 saturated heterocycles. The normalized spacial score (nSPS) is 17.5. The van der Waals surface area contributed by atoms with E-state index in [0.717, 1.165) is 47.2 Å². The largest absolute Gasteiger partial charge is 0.444 e. The second kappa shape index (κ2) is 11.5. The Hall–Kier alpha value is -3.26. The molecule has 39 heavy (non-hydrogen) atoms. The third-order valence-corrected chi connectivity index (χ3v) is 7.93. The van der Waals surface area contributed by atoms with Gasteiger partial charge in [-0.1, -0.05) is 18.6 Å². The number of ether oxygens (including phenoxy) is 1. The molecule has 0 saturated carbocycles. The summed E-state index contributed by atoms with van der Waals surface area (Å²) in [6.45, 7) is 9.89. The SMILES string of the molecule is Cn1ncc(-c2ccc3cnc(CC(=O)C4CCN(C(=O)OC(C)(C)C)CC4)cc3c2)c1CN1CCCCC1. The predicted octanol–water partition coefficient (Wildman–Crippen LogP) is 5.38. The van der Waals surface area contributed by atoms with Gasteiger partial charge in [-0.15, -0.1) is 0 Å². The molecule has 4 heterocycles. The number of ketones is 1. The molecule has 8 heteroatoms. The van der Waals surface area contributed by atoms with Crippen LogP contribution in [0.5, 0.6) is 0 Å². The highest BCUT2D eigenvalue weighted by Crippen LogP contribution is 2.29. The van der Waals surface area contributed by atoms with Crippen LogP contribution in [0.1, 0.15) is 64.3 Å². The first kappa shape index (κ1) is 27.3. The number of benzene rings is 1. The van der Waals surface area contributed by atoms with E-state index in [1.807, 2.05) is 51.0 Å². The minimum Gasteiger partial charge on any atom is -0.444 e. The number of hydrogen-bond donors (Lipinski definition) is 0. The van der Waals surface area contributed by atoms with Crippen molar-refractivity contribution in [2.45, 2.75) is 71.4 Å². The van der Waals surface area contributed by atoms with Gasteiger partial charge in [0.1, 0.15) is 11.4 Å². The molecule has 2 fully saturated rings. The van der Waals surface area contributed by atoms with Crippen molar-refractivity contribution < 1.29 is 14.3 Å². The Labute approximate surface area is 231 Å². The van der Waals surface area contributed by atoms with Gasteiger partial charge < -0.3 is 9.64 Å². The van der Waals surface area contributed by atoms with Crippen LogP contribution in [0.2, 0.25) is 0 Å². The Morgan fingerprint density at radius 1 is 0.974 bits per heavy atom. The molecule has 5 rings (SSSR count). The molecule has 2 aromatic heterocycles. The lowest BCUT2D eigenvalue weighted by Crippen LogP contribution is -2.43. The summed E-state index contributed by atoms with van der Waals surface area (Å²) in [4.78, 5) is 34.3. The van der Waals surface area contributed by atoms with Crippen molar-refractivity contribution in [3.05, 3.63) is 48.0 Å². The number of hydrogen-bond acceptors (Lipinski definition) is 6. The average molecular weight is 532 g/mol. The maximum Gasteiger partial charge on any atom is 0.410 e. The highest BCUT2D eigenvalue weighted by atomic mass is 16.6. The summed E-state index contributed by atoms with van der Waals surface area (Å²) in [5.74, 6) is 0.137. The smallest absolute Gasteiger partial charge is 0.410 e. The van der Waals surface area contributed by atoms with Crippen molar-refractivity contribution in [1.82, 2.24) is 24.6 Å². The van der Waals surface area contributed by atoms with Crippen LogP contribution in [-0.2, 0) is 29.5 Å². The van der Waals surface area contributed by atoms with Gasteiger partial charge in [-0.3, -0.25) is 19.4 Å². The van der Waals surface area contributed by atoms with Gasteiger partial charge in [-0.2, -0.15) is 5.10 Å². The van der Waals surface area contributed by atoms with E-state index < -0.39 is 5.60 Å². The van der Waals surface area contributed by atoms with Crippen molar-refractivity contribution in [3.8, 4) is 11.1 Å². The van der Waals surface area contributed by atoms with Gasteiger partial charge in [0, 0.05) is 61.9 Å². The summed E-state index contributed by atoms with van der Waals surface area (Å²) in [5, 5.41) is 6.72. The number of carbonyl (C=O) groups excluding carboxylic acids is 2. The monoisotopic (exact) mass is 531 g/mol. The molecule has 0 unspecified atom stereocenters. The van der Waals surface area contributed by atoms with E-state index in [4.69, 9.17) is 4.74 Å². The Morgan fingerprint density at radius 3 is 2.44 bits per heavy atom. The third kappa shape index (κ3) is 6.67. The minimum absolute atomic E-state index is 0.0553. The molecule has 1 aromatic carbocycles. The summed E-state index contributed by atoms with van der Waals surface area (Å²) < 4.78 is 7.48. The van der Waals surface area contributed by atoms with Crippen LogP contribution < -0.4 is 0 Å². The number of rotatable bonds is 6. The van der Waals surface area contributed by atoms with Crippen molar-refractivity contribution in [1.29, 1.82) is 0 Å². The zero-order valence-electron chi connectivity index (χ0n) is 23.8. The maximum atomic E-state index is 13.1. The summed E-state index contributed by atoms with van der Waals surface area (Å²) in [6, 6.07) is 8.49. The van der Waals surface area contributed by atoms with Gasteiger partial charge in [0.05, 0.1) is 11.9 Å². The number of carbonyl (C=O) groups is 2. The van der Waals surface area contributed by atoms with Gasteiger partial charge in [-0.25, -0.2) is 4.79 Å². The zero-order chi connectivity index (χ0) is 27.6. The first-order valence-electron chi connectivity index (χ1n) is 14.3. The molecule has 0 atom stereocenters. The van der Waals surface area contributed by atoms with Crippen LogP contribution in [0.4, 0.5) is 4.79 Å². The standard InChI is InChI=1S/C31H41N5O3/c1-31(2,3)39-30(38)36-14-10-22(11-15-36)29(37)18-26-17-25-16-23(8-9-24(25)19-32-26)27-20-33-34(4)28(27)21-35-12-6-5-7-13-35/h8-9,16-17,19-20,22H,5-7,10-15,18,21H2,1-4H3. The number of pyridine rings is 1. The Kier molecular flexibility index (Phi) is 8.03. The quantitative estimate of drug-likeness (QED) is 0.425. The first-order valence-corrected chi connectivity index (χ1v) is 14.3. The number of amides is 1. The van der Waals surface area contributed by atoms with Crippen molar-refractivity contribution in [3.63, 3.8) is 0 Å². The molecule has 0 spiro atoms. The third-order valence-electron chi connectivity index (χ3n) is 7.93. The van der Waals surface area contributed by atoms with Crippen LogP contribution >= 0.6 is 0 Å². The van der Waals surface area contributed by atoms with Crippen LogP contribution in [-0.4, -0.2) is 68.2 Å². The fraction of sp³-hybridized carbons (Fsp3) is 0.548. The lowest BCUT2D eigenvalue weighted by molar-refractivity contribution is -0.123. The number of piperidine rings is 2. The van der Waals surface area contributed by atoms with Crippen molar-refractivity contribution in [2.24, 2.45) is 13.0 Å². The van der Waals surface area contributed by atoms with E-state index in [9.17, 15) is 9.59 Å². The van der Waals surface area contributed by atoms with Gasteiger partial charge >= 0.3 is 6.09 Å². The van der Waals surface area contributed by atoms with Gasteiger partial charge in [0.15, 0.2) is 0 Å². The fourth-order valence-corrected chi connectivity index (χ4v) is 5.70.